The van der Waals surface area contributed by atoms with Crippen LogP contribution in [0.15, 0.2) is 24.7 Å². The van der Waals surface area contributed by atoms with Crippen molar-refractivity contribution in [3.8, 4) is 16.5 Å². The molecule has 4 nitrogen and oxygen atoms in total. The van der Waals surface area contributed by atoms with Gasteiger partial charge in [-0.2, -0.15) is 5.26 Å². The van der Waals surface area contributed by atoms with Gasteiger partial charge in [-0.15, -0.1) is 0 Å². The van der Waals surface area contributed by atoms with Gasteiger partial charge in [-0.3, -0.25) is 4.98 Å². The van der Waals surface area contributed by atoms with Crippen LogP contribution < -0.4 is 5.73 Å². The number of hydrogen-bond acceptors (Lipinski definition) is 5. The van der Waals surface area contributed by atoms with Crippen molar-refractivity contribution in [1.82, 2.24) is 9.97 Å². The predicted molar refractivity (Wildman–Crippen MR) is 54.5 cm³/mol. The van der Waals surface area contributed by atoms with Gasteiger partial charge in [0.25, 0.3) is 0 Å². The van der Waals surface area contributed by atoms with E-state index in [1.54, 1.807) is 18.5 Å². The lowest BCUT2D eigenvalue weighted by atomic mass is 10.2. The molecule has 0 radical (unpaired) electrons. The first kappa shape index (κ1) is 8.66. The van der Waals surface area contributed by atoms with Gasteiger partial charge < -0.3 is 5.73 Å². The Morgan fingerprint density at radius 1 is 1.36 bits per heavy atom. The maximum Gasteiger partial charge on any atom is 0.180 e. The minimum Gasteiger partial charge on any atom is -0.375 e. The van der Waals surface area contributed by atoms with E-state index in [-0.39, 0.29) is 0 Å². The van der Waals surface area contributed by atoms with Gasteiger partial charge in [0.05, 0.1) is 10.4 Å². The van der Waals surface area contributed by atoms with Crippen LogP contribution >= 0.6 is 11.3 Å². The molecule has 2 rings (SSSR count). The van der Waals surface area contributed by atoms with E-state index < -0.39 is 0 Å². The van der Waals surface area contributed by atoms with E-state index in [2.05, 4.69) is 9.97 Å². The molecule has 0 aliphatic carbocycles. The Labute approximate surface area is 84.7 Å². The highest BCUT2D eigenvalue weighted by Gasteiger charge is 2.03. The van der Waals surface area contributed by atoms with E-state index in [1.165, 1.54) is 17.5 Å². The van der Waals surface area contributed by atoms with E-state index in [4.69, 9.17) is 11.0 Å². The number of nitriles is 1. The third kappa shape index (κ3) is 1.56. The summed E-state index contributed by atoms with van der Waals surface area (Å²) in [6.07, 6.45) is 4.89. The third-order valence-electron chi connectivity index (χ3n) is 1.68. The normalized spacial score (nSPS) is 9.64. The summed E-state index contributed by atoms with van der Waals surface area (Å²) in [7, 11) is 0. The van der Waals surface area contributed by atoms with Gasteiger partial charge in [0, 0.05) is 24.2 Å². The number of thiazole rings is 1. The summed E-state index contributed by atoms with van der Waals surface area (Å²) in [5, 5.41) is 9.20. The summed E-state index contributed by atoms with van der Waals surface area (Å²) in [5.41, 5.74) is 6.92. The Morgan fingerprint density at radius 2 is 2.21 bits per heavy atom. The van der Waals surface area contributed by atoms with Gasteiger partial charge in [0.15, 0.2) is 5.13 Å². The molecule has 0 atom stereocenters. The van der Waals surface area contributed by atoms with Crippen molar-refractivity contribution in [3.63, 3.8) is 0 Å². The first-order valence-electron chi connectivity index (χ1n) is 3.86. The first-order chi connectivity index (χ1) is 6.79. The quantitative estimate of drug-likeness (QED) is 0.763. The minimum absolute atomic E-state index is 0.516. The van der Waals surface area contributed by atoms with Gasteiger partial charge in [0.1, 0.15) is 6.07 Å². The molecule has 0 aromatic carbocycles. The monoisotopic (exact) mass is 202 g/mol. The van der Waals surface area contributed by atoms with Crippen LogP contribution in [0.25, 0.3) is 10.4 Å². The van der Waals surface area contributed by atoms with Crippen molar-refractivity contribution in [1.29, 1.82) is 5.26 Å². The second-order valence-corrected chi connectivity index (χ2v) is 3.70. The summed E-state index contributed by atoms with van der Waals surface area (Å²) < 4.78 is 0. The molecule has 0 bridgehead atoms. The first-order valence-corrected chi connectivity index (χ1v) is 4.68. The molecule has 0 saturated heterocycles. The highest BCUT2D eigenvalue weighted by atomic mass is 32.1. The number of nitrogens with zero attached hydrogens (tertiary/aromatic N) is 3. The number of rotatable bonds is 1. The maximum absolute atomic E-state index is 8.69. The fourth-order valence-electron chi connectivity index (χ4n) is 1.06. The molecule has 0 saturated carbocycles. The highest BCUT2D eigenvalue weighted by molar-refractivity contribution is 7.18. The second kappa shape index (κ2) is 3.44. The largest absolute Gasteiger partial charge is 0.375 e. The van der Waals surface area contributed by atoms with Crippen molar-refractivity contribution >= 4 is 16.5 Å². The van der Waals surface area contributed by atoms with Gasteiger partial charge in [0.2, 0.25) is 0 Å². The van der Waals surface area contributed by atoms with Gasteiger partial charge in [-0.25, -0.2) is 4.98 Å². The molecule has 68 valence electrons. The number of pyridine rings is 1. The molecule has 5 heteroatoms. The van der Waals surface area contributed by atoms with E-state index in [0.29, 0.717) is 10.7 Å². The molecule has 0 amide bonds. The van der Waals surface area contributed by atoms with Crippen LogP contribution in [-0.4, -0.2) is 9.97 Å². The minimum atomic E-state index is 0.516. The van der Waals surface area contributed by atoms with Crippen LogP contribution in [0.1, 0.15) is 5.56 Å². The third-order valence-corrected chi connectivity index (χ3v) is 2.55. The van der Waals surface area contributed by atoms with E-state index in [1.807, 2.05) is 6.07 Å². The van der Waals surface area contributed by atoms with E-state index >= 15 is 0 Å². The Kier molecular flexibility index (Phi) is 2.13. The van der Waals surface area contributed by atoms with Crippen LogP contribution in [0.4, 0.5) is 5.13 Å². The highest BCUT2D eigenvalue weighted by Crippen LogP contribution is 2.26. The molecule has 0 aliphatic heterocycles. The van der Waals surface area contributed by atoms with Crippen molar-refractivity contribution < 1.29 is 0 Å². The van der Waals surface area contributed by atoms with Crippen molar-refractivity contribution in [3.05, 3.63) is 30.2 Å². The number of anilines is 1. The van der Waals surface area contributed by atoms with Crippen LogP contribution in [-0.2, 0) is 0 Å². The predicted octanol–water partition coefficient (Wildman–Crippen LogP) is 1.66. The SMILES string of the molecule is N#Cc1cncc(-c2cnc(N)s2)c1. The lowest BCUT2D eigenvalue weighted by Crippen LogP contribution is -1.80. The zero-order chi connectivity index (χ0) is 9.97. The molecule has 2 N–H and O–H groups in total. The summed E-state index contributed by atoms with van der Waals surface area (Å²) in [4.78, 5) is 8.81. The second-order valence-electron chi connectivity index (χ2n) is 2.64. The molecule has 2 heterocycles. The fraction of sp³-hybridized carbons (Fsp3) is 0. The summed E-state index contributed by atoms with van der Waals surface area (Å²) in [5.74, 6) is 0. The number of hydrogen-bond donors (Lipinski definition) is 1. The van der Waals surface area contributed by atoms with Crippen molar-refractivity contribution in [2.45, 2.75) is 0 Å². The van der Waals surface area contributed by atoms with Crippen LogP contribution in [0, 0.1) is 11.3 Å². The number of nitrogens with two attached hydrogens (primary N) is 1. The molecule has 0 spiro atoms. The van der Waals surface area contributed by atoms with Crippen molar-refractivity contribution in [2.75, 3.05) is 5.73 Å². The zero-order valence-electron chi connectivity index (χ0n) is 7.14. The molecule has 0 unspecified atom stereocenters. The van der Waals surface area contributed by atoms with Crippen LogP contribution in [0.5, 0.6) is 0 Å². The van der Waals surface area contributed by atoms with Crippen LogP contribution in [0.2, 0.25) is 0 Å². The maximum atomic E-state index is 8.69. The van der Waals surface area contributed by atoms with Gasteiger partial charge in [-0.1, -0.05) is 11.3 Å². The lowest BCUT2D eigenvalue weighted by Gasteiger charge is -1.94. The Hall–Kier alpha value is -1.93. The topological polar surface area (TPSA) is 75.6 Å². The Bertz CT molecular complexity index is 498. The summed E-state index contributed by atoms with van der Waals surface area (Å²) in [6, 6.07) is 3.80. The molecular formula is C9H6N4S. The van der Waals surface area contributed by atoms with Crippen molar-refractivity contribution in [2.24, 2.45) is 0 Å². The van der Waals surface area contributed by atoms with Gasteiger partial charge in [-0.05, 0) is 6.07 Å². The average molecular weight is 202 g/mol. The molecule has 0 fully saturated rings. The van der Waals surface area contributed by atoms with E-state index in [0.717, 1.165) is 10.4 Å². The molecule has 14 heavy (non-hydrogen) atoms. The van der Waals surface area contributed by atoms with Crippen LogP contribution in [0.3, 0.4) is 0 Å². The number of nitrogen functional groups attached to an aromatic ring is 1. The Morgan fingerprint density at radius 3 is 2.86 bits per heavy atom. The zero-order valence-corrected chi connectivity index (χ0v) is 7.95. The summed E-state index contributed by atoms with van der Waals surface area (Å²) in [6.45, 7) is 0. The number of aromatic nitrogens is 2. The molecule has 2 aromatic heterocycles. The average Bonchev–Trinajstić information content (AvgIpc) is 2.65. The smallest absolute Gasteiger partial charge is 0.180 e. The fourth-order valence-corrected chi connectivity index (χ4v) is 1.72. The lowest BCUT2D eigenvalue weighted by molar-refractivity contribution is 1.30. The molecule has 0 aliphatic rings. The standard InChI is InChI=1S/C9H6N4S/c10-2-6-1-7(4-12-3-6)8-5-13-9(11)14-8/h1,3-5H,(H2,11,13). The Balaban J connectivity index is 2.47. The molecular weight excluding hydrogens is 196 g/mol. The van der Waals surface area contributed by atoms with E-state index in [9.17, 15) is 0 Å². The van der Waals surface area contributed by atoms with Gasteiger partial charge >= 0.3 is 0 Å². The molecule has 2 aromatic rings. The summed E-state index contributed by atoms with van der Waals surface area (Å²) >= 11 is 1.38.